The highest BCUT2D eigenvalue weighted by molar-refractivity contribution is 7.95. The number of β-lactam (4-membered cyclic amide) rings is 1. The van der Waals surface area contributed by atoms with Gasteiger partial charge in [-0.25, -0.2) is 4.79 Å². The standard InChI is InChI=1S/C22H20N2O5S/c1-14(25)23-17-9-5-6-10-18(17)30(28)19-11-16-12-20(26)24(16)21(19)22(27)29-13-15-7-3-2-4-8-15/h2-10,16H,11-13H2,1H3,(H,23,25). The van der Waals surface area contributed by atoms with Gasteiger partial charge < -0.3 is 14.6 Å². The lowest BCUT2D eigenvalue weighted by Crippen LogP contribution is -2.49. The molecule has 0 aromatic heterocycles. The minimum absolute atomic E-state index is 0.0538. The van der Waals surface area contributed by atoms with E-state index in [0.29, 0.717) is 28.3 Å². The number of hydrogen-bond acceptors (Lipinski definition) is 5. The van der Waals surface area contributed by atoms with Crippen LogP contribution in [0, 0.1) is 0 Å². The first kappa shape index (κ1) is 20.2. The molecule has 0 aliphatic carbocycles. The molecule has 2 aromatic carbocycles. The number of para-hydroxylation sites is 1. The van der Waals surface area contributed by atoms with E-state index in [9.17, 15) is 18.9 Å². The van der Waals surface area contributed by atoms with Gasteiger partial charge in [0.05, 0.1) is 11.7 Å². The summed E-state index contributed by atoms with van der Waals surface area (Å²) in [5.41, 5.74) is 1.28. The van der Waals surface area contributed by atoms with Gasteiger partial charge in [0, 0.05) is 30.9 Å². The molecule has 2 aliphatic heterocycles. The fraction of sp³-hybridized carbons (Fsp3) is 0.227. The zero-order valence-corrected chi connectivity index (χ0v) is 17.1. The molecule has 2 aliphatic rings. The van der Waals surface area contributed by atoms with Crippen molar-refractivity contribution in [1.29, 1.82) is 0 Å². The number of benzene rings is 2. The van der Waals surface area contributed by atoms with E-state index < -0.39 is 17.1 Å². The first-order valence-corrected chi connectivity index (χ1v) is 10.7. The van der Waals surface area contributed by atoms with Crippen molar-refractivity contribution in [2.45, 2.75) is 37.3 Å². The number of nitrogens with one attached hydrogen (secondary N) is 1. The Bertz CT molecular complexity index is 1040. The minimum atomic E-state index is -1.73. The van der Waals surface area contributed by atoms with Gasteiger partial charge in [0.2, 0.25) is 11.8 Å². The summed E-state index contributed by atoms with van der Waals surface area (Å²) in [4.78, 5) is 38.7. The number of rotatable bonds is 6. The van der Waals surface area contributed by atoms with Gasteiger partial charge in [-0.3, -0.25) is 14.5 Å². The molecular weight excluding hydrogens is 404 g/mol. The summed E-state index contributed by atoms with van der Waals surface area (Å²) in [5, 5.41) is 2.66. The van der Waals surface area contributed by atoms with Crippen LogP contribution in [0.5, 0.6) is 0 Å². The number of nitrogens with zero attached hydrogens (tertiary/aromatic N) is 1. The second-order valence-electron chi connectivity index (χ2n) is 7.11. The van der Waals surface area contributed by atoms with Crippen LogP contribution < -0.4 is 5.32 Å². The van der Waals surface area contributed by atoms with Crippen molar-refractivity contribution in [2.75, 3.05) is 5.32 Å². The number of anilines is 1. The highest BCUT2D eigenvalue weighted by atomic mass is 32.2. The molecule has 2 atom stereocenters. The van der Waals surface area contributed by atoms with Crippen molar-refractivity contribution in [3.05, 3.63) is 70.8 Å². The molecule has 154 valence electrons. The first-order valence-electron chi connectivity index (χ1n) is 9.50. The van der Waals surface area contributed by atoms with E-state index in [4.69, 9.17) is 4.74 Å². The van der Waals surface area contributed by atoms with Gasteiger partial charge in [-0.2, -0.15) is 0 Å². The Kier molecular flexibility index (Phi) is 5.61. The number of ether oxygens (including phenoxy) is 1. The van der Waals surface area contributed by atoms with Crippen LogP contribution in [0.15, 0.2) is 70.1 Å². The lowest BCUT2D eigenvalue weighted by Gasteiger charge is -2.34. The SMILES string of the molecule is CC(=O)Nc1ccccc1[S+]([O-])C1=C(C(=O)OCc2ccccc2)N2C(=O)CC2C1. The highest BCUT2D eigenvalue weighted by Crippen LogP contribution is 2.43. The third-order valence-electron chi connectivity index (χ3n) is 5.00. The summed E-state index contributed by atoms with van der Waals surface area (Å²) in [6.45, 7) is 1.42. The average molecular weight is 424 g/mol. The zero-order valence-electron chi connectivity index (χ0n) is 16.3. The predicted molar refractivity (Wildman–Crippen MR) is 110 cm³/mol. The van der Waals surface area contributed by atoms with Crippen LogP contribution in [0.1, 0.15) is 25.3 Å². The molecule has 1 saturated heterocycles. The van der Waals surface area contributed by atoms with Gasteiger partial charge in [-0.15, -0.1) is 0 Å². The summed E-state index contributed by atoms with van der Waals surface area (Å²) < 4.78 is 18.8. The van der Waals surface area contributed by atoms with Crippen LogP contribution in [0.25, 0.3) is 0 Å². The molecule has 4 rings (SSSR count). The van der Waals surface area contributed by atoms with Gasteiger partial charge in [0.1, 0.15) is 6.61 Å². The van der Waals surface area contributed by atoms with Crippen molar-refractivity contribution in [3.8, 4) is 0 Å². The maximum absolute atomic E-state index is 13.4. The van der Waals surface area contributed by atoms with E-state index in [1.165, 1.54) is 11.8 Å². The van der Waals surface area contributed by atoms with Gasteiger partial charge >= 0.3 is 5.97 Å². The van der Waals surface area contributed by atoms with Crippen LogP contribution in [0.3, 0.4) is 0 Å². The number of carbonyl (C=O) groups is 3. The Morgan fingerprint density at radius 3 is 2.53 bits per heavy atom. The lowest BCUT2D eigenvalue weighted by atomic mass is 10.0. The molecule has 0 radical (unpaired) electrons. The van der Waals surface area contributed by atoms with E-state index in [-0.39, 0.29) is 30.2 Å². The van der Waals surface area contributed by atoms with Crippen LogP contribution in [-0.2, 0) is 36.9 Å². The highest BCUT2D eigenvalue weighted by Gasteiger charge is 2.52. The average Bonchev–Trinajstić information content (AvgIpc) is 3.05. The molecule has 8 heteroatoms. The smallest absolute Gasteiger partial charge is 0.360 e. The Morgan fingerprint density at radius 2 is 1.83 bits per heavy atom. The Labute approximate surface area is 176 Å². The van der Waals surface area contributed by atoms with Crippen LogP contribution in [-0.4, -0.2) is 33.3 Å². The molecule has 7 nitrogen and oxygen atoms in total. The molecule has 0 spiro atoms. The van der Waals surface area contributed by atoms with Crippen LogP contribution in [0.4, 0.5) is 5.69 Å². The molecule has 1 fully saturated rings. The van der Waals surface area contributed by atoms with Crippen molar-refractivity contribution < 1.29 is 23.7 Å². The maximum Gasteiger partial charge on any atom is 0.360 e. The largest absolute Gasteiger partial charge is 0.607 e. The molecular formula is C22H20N2O5S. The predicted octanol–water partition coefficient (Wildman–Crippen LogP) is 2.71. The number of hydrogen-bond donors (Lipinski definition) is 1. The van der Waals surface area contributed by atoms with E-state index in [1.807, 2.05) is 30.3 Å². The van der Waals surface area contributed by atoms with Gasteiger partial charge in [0.25, 0.3) is 0 Å². The third kappa shape index (κ3) is 3.83. The molecule has 2 aromatic rings. The number of esters is 1. The number of carbonyl (C=O) groups excluding carboxylic acids is 3. The molecule has 0 bridgehead atoms. The van der Waals surface area contributed by atoms with Crippen molar-refractivity contribution in [2.24, 2.45) is 0 Å². The topological polar surface area (TPSA) is 98.8 Å². The van der Waals surface area contributed by atoms with Crippen LogP contribution >= 0.6 is 0 Å². The molecule has 2 amide bonds. The minimum Gasteiger partial charge on any atom is -0.607 e. The molecule has 0 saturated carbocycles. The maximum atomic E-state index is 13.4. The van der Waals surface area contributed by atoms with Crippen molar-refractivity contribution >= 4 is 34.6 Å². The Balaban J connectivity index is 1.64. The van der Waals surface area contributed by atoms with Gasteiger partial charge in [-0.05, 0) is 17.7 Å². The summed E-state index contributed by atoms with van der Waals surface area (Å²) in [6.07, 6.45) is 0.645. The van der Waals surface area contributed by atoms with Gasteiger partial charge in [0.15, 0.2) is 15.5 Å². The van der Waals surface area contributed by atoms with E-state index in [1.54, 1.807) is 24.3 Å². The summed E-state index contributed by atoms with van der Waals surface area (Å²) in [6, 6.07) is 15.7. The number of amides is 2. The second kappa shape index (κ2) is 8.33. The fourth-order valence-corrected chi connectivity index (χ4v) is 5.11. The van der Waals surface area contributed by atoms with Crippen LogP contribution in [0.2, 0.25) is 0 Å². The van der Waals surface area contributed by atoms with Crippen molar-refractivity contribution in [1.82, 2.24) is 4.90 Å². The summed E-state index contributed by atoms with van der Waals surface area (Å²) in [7, 11) is 0. The van der Waals surface area contributed by atoms with E-state index in [0.717, 1.165) is 5.56 Å². The Hall–Kier alpha value is -3.10. The van der Waals surface area contributed by atoms with Gasteiger partial charge in [-0.1, -0.05) is 42.5 Å². The first-order chi connectivity index (χ1) is 14.5. The third-order valence-corrected chi connectivity index (χ3v) is 6.56. The molecule has 30 heavy (non-hydrogen) atoms. The Morgan fingerprint density at radius 1 is 1.13 bits per heavy atom. The zero-order chi connectivity index (χ0) is 21.3. The molecule has 1 N–H and O–H groups in total. The normalized spacial score (nSPS) is 18.5. The molecule has 2 heterocycles. The summed E-state index contributed by atoms with van der Waals surface area (Å²) in [5.74, 6) is -1.15. The molecule has 2 unspecified atom stereocenters. The van der Waals surface area contributed by atoms with E-state index >= 15 is 0 Å². The number of fused-ring (bicyclic) bond motifs is 1. The second-order valence-corrected chi connectivity index (χ2v) is 8.58. The van der Waals surface area contributed by atoms with E-state index in [2.05, 4.69) is 5.32 Å². The van der Waals surface area contributed by atoms with Crippen molar-refractivity contribution in [3.63, 3.8) is 0 Å². The fourth-order valence-electron chi connectivity index (χ4n) is 3.62. The quantitative estimate of drug-likeness (QED) is 0.437. The monoisotopic (exact) mass is 424 g/mol. The summed E-state index contributed by atoms with van der Waals surface area (Å²) >= 11 is -1.73. The lowest BCUT2D eigenvalue weighted by molar-refractivity contribution is -0.150.